The Morgan fingerprint density at radius 3 is 0.914 bits per heavy atom. The third-order valence-electron chi connectivity index (χ3n) is 13.9. The van der Waals surface area contributed by atoms with E-state index in [-0.39, 0.29) is 19.5 Å². The molecule has 13 rings (SSSR count). The van der Waals surface area contributed by atoms with Gasteiger partial charge in [0.15, 0.2) is 23.0 Å². The van der Waals surface area contributed by atoms with Crippen LogP contribution in [0.1, 0.15) is 0 Å². The van der Waals surface area contributed by atoms with Gasteiger partial charge in [-0.05, 0) is 83.6 Å². The largest absolute Gasteiger partial charge is 2.00 e. The van der Waals surface area contributed by atoms with Gasteiger partial charge in [0, 0.05) is 101 Å². The SMILES string of the molecule is CN(C)c1ccccc1Oc1cccc2c1-c1nc-2nc2[n-]c(nc3nc(nc4[n-]c(n1)c1cccc(Oc5ccccc5N(C)C)c41)-c1cccc(Oc4ccccc4N(C)C)c1-3)c1cccc(Oc3ccccc3N(C)C)c21.[Zn+2]. The molecule has 2 aliphatic rings. The van der Waals surface area contributed by atoms with E-state index in [1.807, 2.05) is 246 Å². The fourth-order valence-corrected chi connectivity index (χ4v) is 10.2. The number of nitrogens with zero attached hydrogens (tertiary/aromatic N) is 12. The van der Waals surface area contributed by atoms with Crippen molar-refractivity contribution in [1.29, 1.82) is 0 Å². The van der Waals surface area contributed by atoms with E-state index < -0.39 is 0 Å². The molecule has 2 aliphatic heterocycles. The maximum absolute atomic E-state index is 6.89. The number of rotatable bonds is 12. The number of fused-ring (bicyclic) bond motifs is 20. The molecule has 0 N–H and O–H groups in total. The van der Waals surface area contributed by atoms with Gasteiger partial charge in [0.05, 0.1) is 57.2 Å². The summed E-state index contributed by atoms with van der Waals surface area (Å²) in [5, 5.41) is 2.55. The van der Waals surface area contributed by atoms with E-state index in [0.29, 0.717) is 136 Å². The molecule has 0 aliphatic carbocycles. The van der Waals surface area contributed by atoms with E-state index in [4.69, 9.17) is 58.8 Å². The molecule has 0 radical (unpaired) electrons. The minimum absolute atomic E-state index is 0. The van der Waals surface area contributed by atoms with Crippen LogP contribution in [0.15, 0.2) is 170 Å². The van der Waals surface area contributed by atoms with Gasteiger partial charge in [-0.1, -0.05) is 97.1 Å². The Kier molecular flexibility index (Phi) is 13.5. The van der Waals surface area contributed by atoms with Crippen LogP contribution in [0.25, 0.3) is 89.7 Å². The van der Waals surface area contributed by atoms with Crippen molar-refractivity contribution >= 4 is 66.9 Å². The number of anilines is 4. The molecule has 394 valence electrons. The average Bonchev–Trinajstić information content (AvgIpc) is 4.31. The number of hydrogen-bond donors (Lipinski definition) is 0. The van der Waals surface area contributed by atoms with Crippen LogP contribution in [0.3, 0.4) is 0 Å². The second-order valence-electron chi connectivity index (χ2n) is 20.1. The summed E-state index contributed by atoms with van der Waals surface area (Å²) in [4.78, 5) is 50.7. The summed E-state index contributed by atoms with van der Waals surface area (Å²) in [7, 11) is 15.9. The Morgan fingerprint density at radius 1 is 0.284 bits per heavy atom. The van der Waals surface area contributed by atoms with Gasteiger partial charge in [0.2, 0.25) is 0 Å². The molecule has 8 aromatic carbocycles. The zero-order valence-electron chi connectivity index (χ0n) is 45.9. The van der Waals surface area contributed by atoms with Crippen LogP contribution in [0, 0.1) is 0 Å². The van der Waals surface area contributed by atoms with Crippen LogP contribution in [-0.2, 0) is 19.5 Å². The molecular weight excluding hydrogens is 1070 g/mol. The van der Waals surface area contributed by atoms with E-state index >= 15 is 0 Å². The number of benzene rings is 8. The predicted octanol–water partition coefficient (Wildman–Crippen LogP) is 13.6. The third-order valence-corrected chi connectivity index (χ3v) is 13.9. The molecule has 0 unspecified atom stereocenters. The van der Waals surface area contributed by atoms with E-state index in [1.54, 1.807) is 0 Å². The summed E-state index contributed by atoms with van der Waals surface area (Å²) >= 11 is 0. The fraction of sp³-hybridized carbons (Fsp3) is 0.125. The predicted molar refractivity (Wildman–Crippen MR) is 317 cm³/mol. The minimum atomic E-state index is 0. The van der Waals surface area contributed by atoms with Crippen molar-refractivity contribution in [1.82, 2.24) is 39.9 Å². The van der Waals surface area contributed by atoms with Gasteiger partial charge < -0.3 is 68.5 Å². The van der Waals surface area contributed by atoms with Crippen molar-refractivity contribution < 1.29 is 38.4 Å². The van der Waals surface area contributed by atoms with Gasteiger partial charge in [0.25, 0.3) is 0 Å². The zero-order chi connectivity index (χ0) is 54.8. The average molecular weight is 1120 g/mol. The zero-order valence-corrected chi connectivity index (χ0v) is 48.8. The smallest absolute Gasteiger partial charge is 0.455 e. The number of para-hydroxylation sites is 8. The number of ether oxygens (including phenoxy) is 4. The molecule has 5 heterocycles. The molecule has 16 nitrogen and oxygen atoms in total. The molecule has 0 saturated heterocycles. The van der Waals surface area contributed by atoms with Crippen LogP contribution in [0.2, 0.25) is 0 Å². The molecule has 17 heteroatoms. The maximum atomic E-state index is 6.89. The van der Waals surface area contributed by atoms with Gasteiger partial charge in [-0.25, -0.2) is 9.97 Å². The molecule has 8 bridgehead atoms. The monoisotopic (exact) mass is 1120 g/mol. The van der Waals surface area contributed by atoms with Gasteiger partial charge in [0.1, 0.15) is 23.0 Å². The van der Waals surface area contributed by atoms with E-state index in [0.717, 1.165) is 22.7 Å². The first-order valence-electron chi connectivity index (χ1n) is 26.0. The van der Waals surface area contributed by atoms with Crippen LogP contribution >= 0.6 is 0 Å². The molecule has 0 fully saturated rings. The van der Waals surface area contributed by atoms with Crippen LogP contribution in [0.4, 0.5) is 22.7 Å². The fourth-order valence-electron chi connectivity index (χ4n) is 10.2. The normalized spacial score (nSPS) is 11.4. The second-order valence-corrected chi connectivity index (χ2v) is 20.1. The first-order valence-corrected chi connectivity index (χ1v) is 26.0. The van der Waals surface area contributed by atoms with Crippen molar-refractivity contribution in [2.24, 2.45) is 0 Å². The summed E-state index contributed by atoms with van der Waals surface area (Å²) in [5.41, 5.74) is 7.40. The molecule has 0 saturated carbocycles. The van der Waals surface area contributed by atoms with Crippen molar-refractivity contribution in [3.05, 3.63) is 170 Å². The summed E-state index contributed by atoms with van der Waals surface area (Å²) in [6.45, 7) is 0. The van der Waals surface area contributed by atoms with Gasteiger partial charge in [-0.15, -0.1) is 0 Å². The number of aromatic nitrogens is 8. The summed E-state index contributed by atoms with van der Waals surface area (Å²) in [6, 6.07) is 54.7. The molecule has 3 aromatic heterocycles. The second kappa shape index (κ2) is 21.1. The first kappa shape index (κ1) is 51.9. The third kappa shape index (κ3) is 9.40. The van der Waals surface area contributed by atoms with Crippen LogP contribution < -0.4 is 48.5 Å². The Balaban J connectivity index is 0.00000651. The van der Waals surface area contributed by atoms with E-state index in [9.17, 15) is 0 Å². The summed E-state index contributed by atoms with van der Waals surface area (Å²) in [5.74, 6) is 5.94. The maximum Gasteiger partial charge on any atom is 2.00 e. The van der Waals surface area contributed by atoms with Gasteiger partial charge in [-0.2, -0.15) is 0 Å². The molecule has 81 heavy (non-hydrogen) atoms. The Bertz CT molecular complexity index is 4160. The van der Waals surface area contributed by atoms with Crippen molar-refractivity contribution in [3.8, 4) is 91.5 Å². The van der Waals surface area contributed by atoms with E-state index in [1.165, 1.54) is 0 Å². The topological polar surface area (TPSA) is 155 Å². The summed E-state index contributed by atoms with van der Waals surface area (Å²) < 4.78 is 27.6. The van der Waals surface area contributed by atoms with Gasteiger partial charge >= 0.3 is 19.5 Å². The molecule has 0 amide bonds. The summed E-state index contributed by atoms with van der Waals surface area (Å²) in [6.07, 6.45) is 0. The molecule has 11 aromatic rings. The standard InChI is InChI=1S/C64H52N12O4.Zn/c1-73(2)41-25-9-13-29-45(41)77-49-33-17-21-37-53(49)61-65-57(37)70-62-55-39(23-19-35-51(55)79-47-31-15-11-27-43(47)75(5)6)59(67-62)72-64-56-40(24-20-36-52(56)80-48-32-16-12-28-44(48)76(7)8)60(68-64)71-63-54-38(58(66-63)69-61)22-18-34-50(54)78-46-30-14-10-26-42(46)74(3)4;/h9-36H,1-8H3;/q-2;+2. The quantitative estimate of drug-likeness (QED) is 0.106. The van der Waals surface area contributed by atoms with Gasteiger partial charge in [-0.3, -0.25) is 0 Å². The van der Waals surface area contributed by atoms with Crippen molar-refractivity contribution in [2.75, 3.05) is 76.0 Å². The first-order chi connectivity index (χ1) is 38.9. The molecule has 0 spiro atoms. The van der Waals surface area contributed by atoms with Crippen LogP contribution in [0.5, 0.6) is 46.0 Å². The molecule has 0 atom stereocenters. The Labute approximate surface area is 480 Å². The van der Waals surface area contributed by atoms with Crippen molar-refractivity contribution in [3.63, 3.8) is 0 Å². The number of hydrogen-bond acceptors (Lipinski definition) is 14. The molecular formula is C64H52N12O4Zn. The Hall–Kier alpha value is -9.86. The minimum Gasteiger partial charge on any atom is -0.455 e. The van der Waals surface area contributed by atoms with E-state index in [2.05, 4.69) is 0 Å². The van der Waals surface area contributed by atoms with Crippen LogP contribution in [-0.4, -0.2) is 86.3 Å². The van der Waals surface area contributed by atoms with Crippen molar-refractivity contribution in [2.45, 2.75) is 0 Å². The Morgan fingerprint density at radius 2 is 0.568 bits per heavy atom.